The average Bonchev–Trinajstić information content (AvgIpc) is 3.04. The molecule has 1 atom stereocenters. The number of hydrogen-bond acceptors (Lipinski definition) is 6. The number of morpholine rings is 1. The lowest BCUT2D eigenvalue weighted by Crippen LogP contribution is -2.45. The fourth-order valence-electron chi connectivity index (χ4n) is 2.43. The van der Waals surface area contributed by atoms with Crippen LogP contribution in [-0.4, -0.2) is 47.6 Å². The zero-order valence-electron chi connectivity index (χ0n) is 12.4. The molecule has 1 N–H and O–H groups in total. The molecule has 0 radical (unpaired) electrons. The van der Waals surface area contributed by atoms with Gasteiger partial charge in [0.15, 0.2) is 5.82 Å². The summed E-state index contributed by atoms with van der Waals surface area (Å²) < 4.78 is 5.38. The lowest BCUT2D eigenvalue weighted by atomic mass is 10.2. The summed E-state index contributed by atoms with van der Waals surface area (Å²) in [5.74, 6) is 0.856. The Kier molecular flexibility index (Phi) is 4.48. The number of nitrogens with one attached hydrogen (secondary N) is 1. The lowest BCUT2D eigenvalue weighted by molar-refractivity contribution is 0.0253. The van der Waals surface area contributed by atoms with Crippen LogP contribution in [0.1, 0.15) is 12.5 Å². The normalized spacial score (nSPS) is 17.6. The van der Waals surface area contributed by atoms with E-state index in [9.17, 15) is 0 Å². The predicted molar refractivity (Wildman–Crippen MR) is 85.6 cm³/mol. The molecule has 6 heteroatoms. The van der Waals surface area contributed by atoms with Crippen molar-refractivity contribution in [2.45, 2.75) is 20.0 Å². The van der Waals surface area contributed by atoms with Crippen LogP contribution in [0.5, 0.6) is 0 Å². The van der Waals surface area contributed by atoms with E-state index in [-0.39, 0.29) is 6.17 Å². The second-order valence-corrected chi connectivity index (χ2v) is 6.15. The minimum atomic E-state index is 0.231. The molecule has 5 nitrogen and oxygen atoms in total. The van der Waals surface area contributed by atoms with E-state index in [0.29, 0.717) is 0 Å². The number of anilines is 1. The molecule has 2 aromatic rings. The Morgan fingerprint density at radius 2 is 2.14 bits per heavy atom. The van der Waals surface area contributed by atoms with Gasteiger partial charge in [-0.2, -0.15) is 0 Å². The largest absolute Gasteiger partial charge is 0.379 e. The van der Waals surface area contributed by atoms with Gasteiger partial charge in [-0.3, -0.25) is 4.90 Å². The van der Waals surface area contributed by atoms with Crippen molar-refractivity contribution in [3.63, 3.8) is 0 Å². The van der Waals surface area contributed by atoms with Crippen LogP contribution in [0.2, 0.25) is 0 Å². The maximum Gasteiger partial charge on any atom is 0.152 e. The van der Waals surface area contributed by atoms with Crippen molar-refractivity contribution in [2.75, 3.05) is 31.6 Å². The fourth-order valence-corrected chi connectivity index (χ4v) is 3.11. The first-order chi connectivity index (χ1) is 10.2. The third kappa shape index (κ3) is 3.40. The van der Waals surface area contributed by atoms with Crippen molar-refractivity contribution in [1.29, 1.82) is 0 Å². The van der Waals surface area contributed by atoms with Crippen molar-refractivity contribution < 1.29 is 4.74 Å². The van der Waals surface area contributed by atoms with Crippen molar-refractivity contribution in [1.82, 2.24) is 15.1 Å². The molecule has 1 aliphatic rings. The molecule has 0 saturated carbocycles. The molecule has 112 valence electrons. The zero-order valence-corrected chi connectivity index (χ0v) is 13.2. The van der Waals surface area contributed by atoms with E-state index in [4.69, 9.17) is 4.74 Å². The Labute approximate surface area is 129 Å². The molecule has 0 bridgehead atoms. The van der Waals surface area contributed by atoms with E-state index in [1.807, 2.05) is 6.07 Å². The van der Waals surface area contributed by atoms with Gasteiger partial charge in [0.2, 0.25) is 0 Å². The van der Waals surface area contributed by atoms with Crippen LogP contribution in [0.25, 0.3) is 10.6 Å². The van der Waals surface area contributed by atoms with Crippen molar-refractivity contribution in [3.8, 4) is 10.6 Å². The second-order valence-electron chi connectivity index (χ2n) is 5.21. The third-order valence-corrected chi connectivity index (χ3v) is 4.59. The van der Waals surface area contributed by atoms with Gasteiger partial charge in [-0.05, 0) is 36.9 Å². The number of rotatable bonds is 4. The SMILES string of the molecule is Cc1cc(-c2cccs2)nnc1NC(C)N1CCOCC1. The van der Waals surface area contributed by atoms with Gasteiger partial charge in [0.1, 0.15) is 5.69 Å². The third-order valence-electron chi connectivity index (χ3n) is 3.70. The van der Waals surface area contributed by atoms with Crippen molar-refractivity contribution in [2.24, 2.45) is 0 Å². The number of thiophene rings is 1. The Morgan fingerprint density at radius 3 is 2.81 bits per heavy atom. The number of ether oxygens (including phenoxy) is 1. The van der Waals surface area contributed by atoms with E-state index < -0.39 is 0 Å². The van der Waals surface area contributed by atoms with E-state index in [1.165, 1.54) is 0 Å². The van der Waals surface area contributed by atoms with Crippen molar-refractivity contribution >= 4 is 17.2 Å². The molecular formula is C15H20N4OS. The molecule has 1 saturated heterocycles. The Morgan fingerprint density at radius 1 is 1.33 bits per heavy atom. The molecule has 21 heavy (non-hydrogen) atoms. The molecule has 3 rings (SSSR count). The summed E-state index contributed by atoms with van der Waals surface area (Å²) in [6.45, 7) is 7.73. The van der Waals surface area contributed by atoms with Crippen LogP contribution in [0.15, 0.2) is 23.6 Å². The summed E-state index contributed by atoms with van der Waals surface area (Å²) in [5, 5.41) is 14.2. The molecule has 1 fully saturated rings. The van der Waals surface area contributed by atoms with Crippen LogP contribution in [0.4, 0.5) is 5.82 Å². The lowest BCUT2D eigenvalue weighted by Gasteiger charge is -2.33. The smallest absolute Gasteiger partial charge is 0.152 e. The van der Waals surface area contributed by atoms with E-state index >= 15 is 0 Å². The quantitative estimate of drug-likeness (QED) is 0.941. The van der Waals surface area contributed by atoms with Crippen LogP contribution in [0, 0.1) is 6.92 Å². The fraction of sp³-hybridized carbons (Fsp3) is 0.467. The summed E-state index contributed by atoms with van der Waals surface area (Å²) in [5.41, 5.74) is 2.06. The van der Waals surface area contributed by atoms with Gasteiger partial charge in [0, 0.05) is 13.1 Å². The van der Waals surface area contributed by atoms with Crippen LogP contribution >= 0.6 is 11.3 Å². The predicted octanol–water partition coefficient (Wildman–Crippen LogP) is 2.60. The van der Waals surface area contributed by atoms with Crippen LogP contribution in [0.3, 0.4) is 0 Å². The highest BCUT2D eigenvalue weighted by Gasteiger charge is 2.18. The molecule has 0 aromatic carbocycles. The summed E-state index contributed by atoms with van der Waals surface area (Å²) in [4.78, 5) is 3.51. The van der Waals surface area contributed by atoms with E-state index in [0.717, 1.165) is 48.3 Å². The maximum atomic E-state index is 5.38. The Hall–Kier alpha value is -1.50. The Balaban J connectivity index is 1.71. The molecule has 0 amide bonds. The van der Waals surface area contributed by atoms with E-state index in [1.54, 1.807) is 11.3 Å². The number of hydrogen-bond donors (Lipinski definition) is 1. The number of aromatic nitrogens is 2. The summed E-state index contributed by atoms with van der Waals surface area (Å²) in [6, 6.07) is 6.19. The highest BCUT2D eigenvalue weighted by atomic mass is 32.1. The van der Waals surface area contributed by atoms with Gasteiger partial charge < -0.3 is 10.1 Å². The van der Waals surface area contributed by atoms with Gasteiger partial charge in [0.25, 0.3) is 0 Å². The second kappa shape index (κ2) is 6.51. The monoisotopic (exact) mass is 304 g/mol. The van der Waals surface area contributed by atoms with Gasteiger partial charge in [-0.1, -0.05) is 6.07 Å². The number of aryl methyl sites for hydroxylation is 1. The molecule has 0 aliphatic carbocycles. The summed E-state index contributed by atoms with van der Waals surface area (Å²) in [6.07, 6.45) is 0.231. The van der Waals surface area contributed by atoms with Gasteiger partial charge in [0.05, 0.1) is 24.3 Å². The summed E-state index contributed by atoms with van der Waals surface area (Å²) >= 11 is 1.68. The maximum absolute atomic E-state index is 5.38. The minimum Gasteiger partial charge on any atom is -0.379 e. The van der Waals surface area contributed by atoms with Gasteiger partial charge in [-0.15, -0.1) is 21.5 Å². The molecular weight excluding hydrogens is 284 g/mol. The molecule has 2 aromatic heterocycles. The average molecular weight is 304 g/mol. The van der Waals surface area contributed by atoms with Crippen molar-refractivity contribution in [3.05, 3.63) is 29.1 Å². The molecule has 1 unspecified atom stereocenters. The highest BCUT2D eigenvalue weighted by molar-refractivity contribution is 7.13. The standard InChI is InChI=1S/C15H20N4OS/c1-11-10-13(14-4-3-9-21-14)17-18-15(11)16-12(2)19-5-7-20-8-6-19/h3-4,9-10,12H,5-8H2,1-2H3,(H,16,18). The zero-order chi connectivity index (χ0) is 14.7. The van der Waals surface area contributed by atoms with E-state index in [2.05, 4.69) is 51.8 Å². The molecule has 1 aliphatic heterocycles. The highest BCUT2D eigenvalue weighted by Crippen LogP contribution is 2.24. The van der Waals surface area contributed by atoms with Crippen LogP contribution < -0.4 is 5.32 Å². The Bertz CT molecular complexity index is 581. The first-order valence-electron chi connectivity index (χ1n) is 7.20. The molecule has 0 spiro atoms. The van der Waals surface area contributed by atoms with Gasteiger partial charge in [-0.25, -0.2) is 0 Å². The first-order valence-corrected chi connectivity index (χ1v) is 8.08. The van der Waals surface area contributed by atoms with Crippen LogP contribution in [-0.2, 0) is 4.74 Å². The topological polar surface area (TPSA) is 50.3 Å². The summed E-state index contributed by atoms with van der Waals surface area (Å²) in [7, 11) is 0. The first kappa shape index (κ1) is 14.4. The number of nitrogens with zero attached hydrogens (tertiary/aromatic N) is 3. The van der Waals surface area contributed by atoms with Gasteiger partial charge >= 0.3 is 0 Å². The minimum absolute atomic E-state index is 0.231. The molecule has 3 heterocycles.